The van der Waals surface area contributed by atoms with Crippen LogP contribution in [0.15, 0.2) is 78.2 Å². The molecule has 2 aromatic rings. The van der Waals surface area contributed by atoms with E-state index in [-0.39, 0.29) is 23.2 Å². The second-order valence-electron chi connectivity index (χ2n) is 12.2. The molecule has 0 bridgehead atoms. The predicted octanol–water partition coefficient (Wildman–Crippen LogP) is 6.57. The van der Waals surface area contributed by atoms with Crippen LogP contribution in [0.5, 0.6) is 5.75 Å². The first kappa shape index (κ1) is 30.6. The highest BCUT2D eigenvalue weighted by atomic mass is 35.5. The topological polar surface area (TPSA) is 79.2 Å². The molecule has 6 nitrogen and oxygen atoms in total. The van der Waals surface area contributed by atoms with Gasteiger partial charge in [-0.1, -0.05) is 48.9 Å². The number of benzene rings is 2. The summed E-state index contributed by atoms with van der Waals surface area (Å²) in [6, 6.07) is 11.5. The average Bonchev–Trinajstić information content (AvgIpc) is 3.11. The van der Waals surface area contributed by atoms with Crippen molar-refractivity contribution in [3.05, 3.63) is 95.6 Å². The van der Waals surface area contributed by atoms with E-state index in [1.54, 1.807) is 18.2 Å². The van der Waals surface area contributed by atoms with Gasteiger partial charge in [0.05, 0.1) is 18.4 Å². The lowest BCUT2D eigenvalue weighted by molar-refractivity contribution is 0.0874. The summed E-state index contributed by atoms with van der Waals surface area (Å²) in [5, 5.41) is 11.4. The molecule has 0 radical (unpaired) electrons. The van der Waals surface area contributed by atoms with E-state index in [0.29, 0.717) is 36.8 Å². The van der Waals surface area contributed by atoms with Gasteiger partial charge in [-0.15, -0.1) is 13.2 Å². The summed E-state index contributed by atoms with van der Waals surface area (Å²) in [7, 11) is -2.02. The molecule has 5 rings (SSSR count). The van der Waals surface area contributed by atoms with Crippen LogP contribution in [0.1, 0.15) is 54.1 Å². The Balaban J connectivity index is 1.52. The number of hydrogen-bond donors (Lipinski definition) is 2. The molecule has 6 atom stereocenters. The predicted molar refractivity (Wildman–Crippen MR) is 172 cm³/mol. The van der Waals surface area contributed by atoms with Crippen molar-refractivity contribution < 1.29 is 18.8 Å². The van der Waals surface area contributed by atoms with E-state index in [0.717, 1.165) is 48.4 Å². The molecule has 1 saturated carbocycles. The Morgan fingerprint density at radius 1 is 1.31 bits per heavy atom. The maximum Gasteiger partial charge on any atom is 0.284 e. The third-order valence-electron chi connectivity index (χ3n) is 9.16. The molecule has 1 aliphatic heterocycles. The van der Waals surface area contributed by atoms with E-state index >= 15 is 0 Å². The number of rotatable bonds is 9. The molecule has 1 unspecified atom stereocenters. The number of aliphatic hydroxyl groups excluding tert-OH is 1. The van der Waals surface area contributed by atoms with E-state index in [9.17, 15) is 14.1 Å². The van der Waals surface area contributed by atoms with Gasteiger partial charge in [0, 0.05) is 57.3 Å². The number of aryl methyl sites for hydroxylation is 1. The summed E-state index contributed by atoms with van der Waals surface area (Å²) < 4.78 is 23.2. The lowest BCUT2D eigenvalue weighted by Crippen LogP contribution is -2.50. The van der Waals surface area contributed by atoms with Gasteiger partial charge in [-0.25, -0.2) is 0 Å². The lowest BCUT2D eigenvalue weighted by Gasteiger charge is -2.46. The van der Waals surface area contributed by atoms with Crippen molar-refractivity contribution in [1.82, 2.24) is 0 Å². The number of carbonyl (C=O) groups excluding carboxylic acids is 1. The molecule has 42 heavy (non-hydrogen) atoms. The SMILES string of the molecule is C=CC[C@H](C)C/[SH](=O)=N\C(=O)c1ccc2c(c1)N(C[C@@H]1C(=C)C[C@H]1[C@@H](O)C=C)C[C@@]1(CCCc3cc(Cl)ccc31)CO2. The van der Waals surface area contributed by atoms with Crippen LogP contribution in [0, 0.1) is 17.8 Å². The number of ether oxygens (including phenoxy) is 1. The highest BCUT2D eigenvalue weighted by Crippen LogP contribution is 2.47. The van der Waals surface area contributed by atoms with Crippen LogP contribution in [0.4, 0.5) is 5.69 Å². The van der Waals surface area contributed by atoms with Crippen molar-refractivity contribution in [3.8, 4) is 5.75 Å². The zero-order valence-corrected chi connectivity index (χ0v) is 26.0. The molecule has 2 aromatic carbocycles. The molecular weight excluding hydrogens is 568 g/mol. The van der Waals surface area contributed by atoms with E-state index in [4.69, 9.17) is 16.3 Å². The Kier molecular flexibility index (Phi) is 9.31. The van der Waals surface area contributed by atoms with Crippen molar-refractivity contribution >= 4 is 33.8 Å². The van der Waals surface area contributed by atoms with Crippen molar-refractivity contribution in [2.24, 2.45) is 22.1 Å². The molecule has 2 aliphatic carbocycles. The van der Waals surface area contributed by atoms with Gasteiger partial charge in [0.15, 0.2) is 0 Å². The fraction of sp³-hybridized carbons (Fsp3) is 0.441. The first-order chi connectivity index (χ1) is 20.1. The number of halogens is 1. The average molecular weight is 609 g/mol. The Hall–Kier alpha value is -2.87. The molecule has 1 heterocycles. The van der Waals surface area contributed by atoms with Crippen molar-refractivity contribution in [2.45, 2.75) is 50.5 Å². The van der Waals surface area contributed by atoms with Gasteiger partial charge in [0.1, 0.15) is 5.75 Å². The maximum absolute atomic E-state index is 13.2. The molecule has 1 fully saturated rings. The fourth-order valence-corrected chi connectivity index (χ4v) is 8.12. The summed E-state index contributed by atoms with van der Waals surface area (Å²) in [5.41, 5.74) is 4.52. The van der Waals surface area contributed by atoms with Gasteiger partial charge in [-0.3, -0.25) is 9.00 Å². The largest absolute Gasteiger partial charge is 0.490 e. The van der Waals surface area contributed by atoms with E-state index in [2.05, 4.69) is 41.1 Å². The highest BCUT2D eigenvalue weighted by molar-refractivity contribution is 7.75. The number of allylic oxidation sites excluding steroid dienone is 1. The second kappa shape index (κ2) is 12.8. The van der Waals surface area contributed by atoms with Crippen LogP contribution in [0.25, 0.3) is 0 Å². The molecule has 1 spiro atoms. The number of anilines is 1. The van der Waals surface area contributed by atoms with Crippen LogP contribution in [0.2, 0.25) is 5.02 Å². The number of fused-ring (bicyclic) bond motifs is 3. The van der Waals surface area contributed by atoms with Gasteiger partial charge in [-0.05, 0) is 79.5 Å². The van der Waals surface area contributed by atoms with Gasteiger partial charge in [0.25, 0.3) is 5.91 Å². The van der Waals surface area contributed by atoms with Crippen LogP contribution in [-0.2, 0) is 22.4 Å². The first-order valence-corrected chi connectivity index (χ1v) is 16.5. The van der Waals surface area contributed by atoms with Gasteiger partial charge < -0.3 is 14.7 Å². The molecule has 8 heteroatoms. The normalized spacial score (nSPS) is 25.3. The van der Waals surface area contributed by atoms with Crippen LogP contribution in [-0.4, -0.2) is 46.8 Å². The number of aliphatic hydroxyl groups is 1. The summed E-state index contributed by atoms with van der Waals surface area (Å²) >= 11 is 6.39. The number of carbonyl (C=O) groups is 1. The Bertz CT molecular complexity index is 1480. The Morgan fingerprint density at radius 2 is 2.12 bits per heavy atom. The Labute approximate surface area is 256 Å². The summed E-state index contributed by atoms with van der Waals surface area (Å²) in [6.07, 6.45) is 7.22. The van der Waals surface area contributed by atoms with Crippen LogP contribution >= 0.6 is 11.6 Å². The zero-order valence-electron chi connectivity index (χ0n) is 24.3. The van der Waals surface area contributed by atoms with E-state index < -0.39 is 22.6 Å². The van der Waals surface area contributed by atoms with Crippen LogP contribution < -0.4 is 9.64 Å². The number of hydrogen-bond acceptors (Lipinski definition) is 5. The van der Waals surface area contributed by atoms with Crippen LogP contribution in [0.3, 0.4) is 0 Å². The summed E-state index contributed by atoms with van der Waals surface area (Å²) in [5.74, 6) is 0.790. The molecule has 1 N–H and O–H groups in total. The summed E-state index contributed by atoms with van der Waals surface area (Å²) in [6.45, 7) is 15.6. The first-order valence-electron chi connectivity index (χ1n) is 14.7. The minimum Gasteiger partial charge on any atom is -0.490 e. The molecule has 1 amide bonds. The minimum absolute atomic E-state index is 0.0393. The Morgan fingerprint density at radius 3 is 2.86 bits per heavy atom. The smallest absolute Gasteiger partial charge is 0.284 e. The van der Waals surface area contributed by atoms with E-state index in [1.165, 1.54) is 11.1 Å². The number of amides is 1. The highest BCUT2D eigenvalue weighted by Gasteiger charge is 2.45. The zero-order chi connectivity index (χ0) is 30.0. The molecule has 224 valence electrons. The van der Waals surface area contributed by atoms with Crippen molar-refractivity contribution in [2.75, 3.05) is 30.3 Å². The van der Waals surface area contributed by atoms with Gasteiger partial charge in [-0.2, -0.15) is 4.36 Å². The molecule has 0 saturated heterocycles. The van der Waals surface area contributed by atoms with Crippen molar-refractivity contribution in [3.63, 3.8) is 0 Å². The van der Waals surface area contributed by atoms with Gasteiger partial charge >= 0.3 is 0 Å². The third kappa shape index (κ3) is 6.24. The quantitative estimate of drug-likeness (QED) is 0.249. The molecular formula is C34H41ClN2O4S. The maximum atomic E-state index is 13.2. The molecule has 0 aromatic heterocycles. The van der Waals surface area contributed by atoms with Gasteiger partial charge in [0.2, 0.25) is 0 Å². The third-order valence-corrected chi connectivity index (χ3v) is 10.7. The monoisotopic (exact) mass is 608 g/mol. The number of thiol groups is 1. The summed E-state index contributed by atoms with van der Waals surface area (Å²) in [4.78, 5) is 15.5. The van der Waals surface area contributed by atoms with E-state index in [1.807, 2.05) is 25.1 Å². The minimum atomic E-state index is -2.02. The fourth-order valence-electron chi connectivity index (χ4n) is 6.85. The number of nitrogens with zero attached hydrogens (tertiary/aromatic N) is 2. The standard InChI is InChI=1S/C34H41ClN2O4S/c1-5-8-22(3)19-42(40)36-33(39)25-10-13-32-30(17-25)37(18-28-23(4)15-27(28)31(38)6-2)20-34(21-41-32)14-7-9-24-16-26(35)11-12-29(24)34/h5-6,10-13,16-17,22,27-28,31,38,42H,1-2,4,7-9,14-15,18-21H2,3H3/t22-,27+,28+,31-,34-/m0/s1. The molecule has 3 aliphatic rings. The van der Waals surface area contributed by atoms with Crippen molar-refractivity contribution in [1.29, 1.82) is 0 Å². The second-order valence-corrected chi connectivity index (χ2v) is 13.9. The lowest BCUT2D eigenvalue weighted by atomic mass is 9.66.